The molecule has 0 amide bonds. The van der Waals surface area contributed by atoms with Gasteiger partial charge in [-0.25, -0.2) is 4.79 Å². The molecule has 26 heavy (non-hydrogen) atoms. The van der Waals surface area contributed by atoms with Crippen LogP contribution < -0.4 is 0 Å². The number of aldehydes is 1. The average Bonchev–Trinajstić information content (AvgIpc) is 3.46. The second-order valence-corrected chi connectivity index (χ2v) is 7.79. The van der Waals surface area contributed by atoms with Crippen molar-refractivity contribution in [2.24, 2.45) is 0 Å². The molecule has 0 aromatic carbocycles. The molecule has 0 radical (unpaired) electrons. The van der Waals surface area contributed by atoms with E-state index >= 15 is 0 Å². The van der Waals surface area contributed by atoms with E-state index in [1.807, 2.05) is 0 Å². The van der Waals surface area contributed by atoms with Crippen LogP contribution in [0.25, 0.3) is 0 Å². The number of hydrogen-bond donors (Lipinski definition) is 0. The summed E-state index contributed by atoms with van der Waals surface area (Å²) >= 11 is 0. The predicted molar refractivity (Wildman–Crippen MR) is 89.7 cm³/mol. The monoisotopic (exact) mass is 368 g/mol. The van der Waals surface area contributed by atoms with Gasteiger partial charge in [-0.1, -0.05) is 0 Å². The highest BCUT2D eigenvalue weighted by atomic mass is 16.6. The lowest BCUT2D eigenvalue weighted by molar-refractivity contribution is -0.295. The van der Waals surface area contributed by atoms with Crippen molar-refractivity contribution in [3.8, 4) is 0 Å². The van der Waals surface area contributed by atoms with Gasteiger partial charge in [0.15, 0.2) is 17.5 Å². The lowest BCUT2D eigenvalue weighted by Gasteiger charge is -2.57. The Kier molecular flexibility index (Phi) is 4.62. The second kappa shape index (κ2) is 6.55. The zero-order chi connectivity index (χ0) is 18.3. The van der Waals surface area contributed by atoms with Gasteiger partial charge in [0.25, 0.3) is 0 Å². The third-order valence-corrected chi connectivity index (χ3v) is 6.81. The number of esters is 1. The summed E-state index contributed by atoms with van der Waals surface area (Å²) in [5, 5.41) is 0. The van der Waals surface area contributed by atoms with Gasteiger partial charge in [-0.05, 0) is 51.4 Å². The van der Waals surface area contributed by atoms with Crippen LogP contribution in [0.3, 0.4) is 0 Å². The van der Waals surface area contributed by atoms with E-state index in [2.05, 4.69) is 0 Å². The summed E-state index contributed by atoms with van der Waals surface area (Å²) in [6.07, 6.45) is 6.24. The lowest BCUT2D eigenvalue weighted by Crippen LogP contribution is -2.77. The molecule has 0 spiro atoms. The summed E-state index contributed by atoms with van der Waals surface area (Å²) < 4.78 is 30.1. The first-order chi connectivity index (χ1) is 12.6. The van der Waals surface area contributed by atoms with Gasteiger partial charge in [0.2, 0.25) is 0 Å². The number of hydrogen-bond acceptors (Lipinski definition) is 7. The van der Waals surface area contributed by atoms with Gasteiger partial charge in [-0.15, -0.1) is 0 Å². The van der Waals surface area contributed by atoms with E-state index in [1.165, 1.54) is 7.11 Å². The number of methoxy groups -OCH3 is 1. The van der Waals surface area contributed by atoms with Gasteiger partial charge in [-0.2, -0.15) is 0 Å². The van der Waals surface area contributed by atoms with Crippen molar-refractivity contribution in [3.63, 3.8) is 0 Å². The standard InChI is InChI=1S/C19H28O7/c1-22-15(21)17(7-3-11-24-17)19(9-5-13-26-19)18(8-4-12-25-18)16(14-20)6-2-10-23-16/h14H,2-13H2,1H3/t16-,17+,18-,19-/m0/s1. The molecule has 0 unspecified atom stereocenters. The summed E-state index contributed by atoms with van der Waals surface area (Å²) in [5.74, 6) is -0.439. The highest BCUT2D eigenvalue weighted by Gasteiger charge is 2.78. The van der Waals surface area contributed by atoms with Gasteiger partial charge in [0, 0.05) is 26.4 Å². The molecule has 4 atom stereocenters. The second-order valence-electron chi connectivity index (χ2n) is 7.79. The maximum atomic E-state index is 13.0. The molecule has 4 saturated heterocycles. The highest BCUT2D eigenvalue weighted by molar-refractivity contribution is 5.83. The first-order valence-electron chi connectivity index (χ1n) is 9.73. The smallest absolute Gasteiger partial charge is 0.341 e. The molecule has 4 rings (SSSR count). The Labute approximate surface area is 153 Å². The lowest BCUT2D eigenvalue weighted by atomic mass is 9.60. The van der Waals surface area contributed by atoms with Crippen LogP contribution in [0.4, 0.5) is 0 Å². The normalized spacial score (nSPS) is 45.9. The molecule has 0 N–H and O–H groups in total. The van der Waals surface area contributed by atoms with Crippen LogP contribution in [0.1, 0.15) is 51.4 Å². The average molecular weight is 368 g/mol. The Morgan fingerprint density at radius 3 is 1.85 bits per heavy atom. The third kappa shape index (κ3) is 2.08. The minimum absolute atomic E-state index is 0.439. The Balaban J connectivity index is 1.91. The minimum atomic E-state index is -1.26. The van der Waals surface area contributed by atoms with Crippen molar-refractivity contribution >= 4 is 12.3 Å². The minimum Gasteiger partial charge on any atom is -0.467 e. The van der Waals surface area contributed by atoms with Gasteiger partial charge in [0.1, 0.15) is 11.2 Å². The number of rotatable bonds is 5. The molecule has 4 aliphatic heterocycles. The van der Waals surface area contributed by atoms with E-state index in [0.717, 1.165) is 32.0 Å². The predicted octanol–water partition coefficient (Wildman–Crippen LogP) is 1.56. The maximum absolute atomic E-state index is 13.0. The summed E-state index contributed by atoms with van der Waals surface area (Å²) in [6, 6.07) is 0. The number of carbonyl (C=O) groups excluding carboxylic acids is 2. The summed E-state index contributed by atoms with van der Waals surface area (Å²) in [6.45, 7) is 1.99. The number of ether oxygens (including phenoxy) is 5. The molecule has 0 bridgehead atoms. The van der Waals surface area contributed by atoms with Gasteiger partial charge < -0.3 is 28.5 Å². The fourth-order valence-corrected chi connectivity index (χ4v) is 5.85. The van der Waals surface area contributed by atoms with Gasteiger partial charge in [0.05, 0.1) is 7.11 Å². The molecule has 0 aromatic heterocycles. The molecule has 0 aromatic rings. The first kappa shape index (κ1) is 18.3. The molecule has 7 heteroatoms. The summed E-state index contributed by atoms with van der Waals surface area (Å²) in [5.41, 5.74) is -4.48. The van der Waals surface area contributed by atoms with E-state index in [4.69, 9.17) is 23.7 Å². The Bertz CT molecular complexity index is 548. The quantitative estimate of drug-likeness (QED) is 0.538. The SMILES string of the molecule is COC(=O)[C@@]1([C@]2([C@@]3([C@@]4(C=O)CCCO4)CCCO3)CCCO2)CCCO1. The highest BCUT2D eigenvalue weighted by Crippen LogP contribution is 2.60. The van der Waals surface area contributed by atoms with Crippen LogP contribution in [0, 0.1) is 0 Å². The van der Waals surface area contributed by atoms with Crippen LogP contribution in [0.15, 0.2) is 0 Å². The van der Waals surface area contributed by atoms with Crippen molar-refractivity contribution in [2.45, 2.75) is 73.8 Å². The zero-order valence-electron chi connectivity index (χ0n) is 15.4. The van der Waals surface area contributed by atoms with Crippen LogP contribution in [0.5, 0.6) is 0 Å². The summed E-state index contributed by atoms with van der Waals surface area (Å²) in [4.78, 5) is 25.4. The molecule has 4 fully saturated rings. The maximum Gasteiger partial charge on any atom is 0.341 e. The largest absolute Gasteiger partial charge is 0.467 e. The number of carbonyl (C=O) groups is 2. The topological polar surface area (TPSA) is 80.3 Å². The van der Waals surface area contributed by atoms with Gasteiger partial charge >= 0.3 is 5.97 Å². The van der Waals surface area contributed by atoms with Crippen molar-refractivity contribution in [2.75, 3.05) is 33.5 Å². The van der Waals surface area contributed by atoms with Crippen LogP contribution in [-0.4, -0.2) is 68.2 Å². The molecule has 0 aliphatic carbocycles. The molecule has 146 valence electrons. The van der Waals surface area contributed by atoms with Crippen molar-refractivity contribution < 1.29 is 33.3 Å². The van der Waals surface area contributed by atoms with Crippen molar-refractivity contribution in [3.05, 3.63) is 0 Å². The zero-order valence-corrected chi connectivity index (χ0v) is 15.4. The van der Waals surface area contributed by atoms with E-state index < -0.39 is 28.4 Å². The third-order valence-electron chi connectivity index (χ3n) is 6.81. The van der Waals surface area contributed by atoms with Crippen molar-refractivity contribution in [1.82, 2.24) is 0 Å². The molecular weight excluding hydrogens is 340 g/mol. The fraction of sp³-hybridized carbons (Fsp3) is 0.895. The molecule has 7 nitrogen and oxygen atoms in total. The van der Waals surface area contributed by atoms with E-state index in [9.17, 15) is 9.59 Å². The molecule has 0 saturated carbocycles. The summed E-state index contributed by atoms with van der Waals surface area (Å²) in [7, 11) is 1.37. The Morgan fingerprint density at radius 1 is 0.808 bits per heavy atom. The Morgan fingerprint density at radius 2 is 1.38 bits per heavy atom. The molecular formula is C19H28O7. The van der Waals surface area contributed by atoms with E-state index in [-0.39, 0.29) is 0 Å². The van der Waals surface area contributed by atoms with Crippen molar-refractivity contribution in [1.29, 1.82) is 0 Å². The first-order valence-corrected chi connectivity index (χ1v) is 9.73. The fourth-order valence-electron chi connectivity index (χ4n) is 5.85. The van der Waals surface area contributed by atoms with Crippen LogP contribution in [-0.2, 0) is 33.3 Å². The van der Waals surface area contributed by atoms with Crippen LogP contribution >= 0.6 is 0 Å². The van der Waals surface area contributed by atoms with Gasteiger partial charge in [-0.3, -0.25) is 0 Å². The van der Waals surface area contributed by atoms with Crippen LogP contribution in [0.2, 0.25) is 0 Å². The van der Waals surface area contributed by atoms with E-state index in [1.54, 1.807) is 0 Å². The molecule has 4 aliphatic rings. The Hall–Kier alpha value is -1.02. The van der Waals surface area contributed by atoms with E-state index in [0.29, 0.717) is 52.1 Å². The molecule has 4 heterocycles.